The largest absolute Gasteiger partial charge is 0.416 e. The maximum atomic E-state index is 14.5. The number of carbonyl (C=O) groups is 1. The van der Waals surface area contributed by atoms with Gasteiger partial charge in [-0.3, -0.25) is 4.79 Å². The fraction of sp³-hybridized carbons (Fsp3) is 0.0800. The molecule has 0 unspecified atom stereocenters. The third kappa shape index (κ3) is 4.30. The molecule has 0 amide bonds. The lowest BCUT2D eigenvalue weighted by Gasteiger charge is -2.08. The van der Waals surface area contributed by atoms with Gasteiger partial charge in [0, 0.05) is 26.9 Å². The highest BCUT2D eigenvalue weighted by Gasteiger charge is 2.30. The second kappa shape index (κ2) is 8.12. The number of alkyl halides is 3. The molecule has 0 aliphatic rings. The Morgan fingerprint density at radius 2 is 1.77 bits per heavy atom. The number of thiophene rings is 1. The summed E-state index contributed by atoms with van der Waals surface area (Å²) in [5.41, 5.74) is 1.79. The second-order valence-electron chi connectivity index (χ2n) is 7.07. The Morgan fingerprint density at radius 1 is 1.00 bits per heavy atom. The molecule has 0 N–H and O–H groups in total. The van der Waals surface area contributed by atoms with Crippen LogP contribution in [0.15, 0.2) is 79.4 Å². The lowest BCUT2D eigenvalue weighted by molar-refractivity contribution is -0.137. The maximum absolute atomic E-state index is 14.5. The number of carbonyl (C=O) groups excluding carboxylic acids is 1. The molecular weight excluding hydrogens is 424 g/mol. The molecule has 0 aliphatic carbocycles. The van der Waals surface area contributed by atoms with Gasteiger partial charge in [-0.15, -0.1) is 11.3 Å². The van der Waals surface area contributed by atoms with Gasteiger partial charge in [-0.1, -0.05) is 49.0 Å². The number of halogens is 4. The van der Waals surface area contributed by atoms with Gasteiger partial charge in [-0.25, -0.2) is 4.39 Å². The summed E-state index contributed by atoms with van der Waals surface area (Å²) >= 11 is 1.33. The van der Waals surface area contributed by atoms with E-state index in [-0.39, 0.29) is 12.2 Å². The SMILES string of the molecule is C=CC(=O)c1cccc(-c2ccc(F)c3cc(Cc4cccc(C(F)(F)F)c4)sc23)c1. The molecule has 1 heterocycles. The highest BCUT2D eigenvalue weighted by atomic mass is 32.1. The van der Waals surface area contributed by atoms with E-state index < -0.39 is 17.6 Å². The maximum Gasteiger partial charge on any atom is 0.416 e. The van der Waals surface area contributed by atoms with Crippen LogP contribution in [-0.4, -0.2) is 5.78 Å². The molecule has 0 saturated carbocycles. The zero-order chi connectivity index (χ0) is 22.2. The van der Waals surface area contributed by atoms with Crippen molar-refractivity contribution >= 4 is 27.2 Å². The van der Waals surface area contributed by atoms with Crippen LogP contribution in [0, 0.1) is 5.82 Å². The van der Waals surface area contributed by atoms with Gasteiger partial charge in [0.15, 0.2) is 5.78 Å². The summed E-state index contributed by atoms with van der Waals surface area (Å²) in [6, 6.07) is 16.8. The van der Waals surface area contributed by atoms with Crippen molar-refractivity contribution in [1.82, 2.24) is 0 Å². The molecule has 1 aromatic heterocycles. The Hall–Kier alpha value is -3.25. The van der Waals surface area contributed by atoms with Gasteiger partial charge < -0.3 is 0 Å². The van der Waals surface area contributed by atoms with Gasteiger partial charge in [-0.2, -0.15) is 13.2 Å². The Morgan fingerprint density at radius 3 is 2.52 bits per heavy atom. The van der Waals surface area contributed by atoms with Gasteiger partial charge in [-0.05, 0) is 47.0 Å². The first-order valence-electron chi connectivity index (χ1n) is 9.40. The lowest BCUT2D eigenvalue weighted by atomic mass is 10.00. The molecule has 156 valence electrons. The Balaban J connectivity index is 1.76. The smallest absolute Gasteiger partial charge is 0.289 e. The molecule has 4 aromatic rings. The average Bonchev–Trinajstić information content (AvgIpc) is 3.17. The molecule has 0 aliphatic heterocycles. The predicted molar refractivity (Wildman–Crippen MR) is 116 cm³/mol. The van der Waals surface area contributed by atoms with Gasteiger partial charge in [0.1, 0.15) is 5.82 Å². The van der Waals surface area contributed by atoms with Crippen molar-refractivity contribution in [2.75, 3.05) is 0 Å². The topological polar surface area (TPSA) is 17.1 Å². The first kappa shape index (κ1) is 21.0. The second-order valence-corrected chi connectivity index (χ2v) is 8.21. The van der Waals surface area contributed by atoms with Crippen molar-refractivity contribution in [2.45, 2.75) is 12.6 Å². The van der Waals surface area contributed by atoms with Gasteiger partial charge in [0.2, 0.25) is 0 Å². The molecule has 6 heteroatoms. The number of hydrogen-bond donors (Lipinski definition) is 0. The van der Waals surface area contributed by atoms with E-state index in [0.29, 0.717) is 21.2 Å². The first-order chi connectivity index (χ1) is 14.8. The normalized spacial score (nSPS) is 11.6. The molecule has 0 fully saturated rings. The molecule has 1 nitrogen and oxygen atoms in total. The lowest BCUT2D eigenvalue weighted by Crippen LogP contribution is -2.05. The highest BCUT2D eigenvalue weighted by molar-refractivity contribution is 7.19. The summed E-state index contributed by atoms with van der Waals surface area (Å²) in [5.74, 6) is -0.611. The van der Waals surface area contributed by atoms with Crippen molar-refractivity contribution in [1.29, 1.82) is 0 Å². The van der Waals surface area contributed by atoms with E-state index in [2.05, 4.69) is 6.58 Å². The molecule has 0 atom stereocenters. The molecule has 0 radical (unpaired) electrons. The Bertz CT molecular complexity index is 1300. The van der Waals surface area contributed by atoms with E-state index in [4.69, 9.17) is 0 Å². The van der Waals surface area contributed by atoms with E-state index in [0.717, 1.165) is 28.1 Å². The summed E-state index contributed by atoms with van der Waals surface area (Å²) < 4.78 is 54.2. The van der Waals surface area contributed by atoms with Crippen LogP contribution in [-0.2, 0) is 12.6 Å². The monoisotopic (exact) mass is 440 g/mol. The summed E-state index contributed by atoms with van der Waals surface area (Å²) in [6.45, 7) is 3.50. The van der Waals surface area contributed by atoms with Crippen molar-refractivity contribution in [3.63, 3.8) is 0 Å². The Kier molecular flexibility index (Phi) is 5.50. The molecule has 0 bridgehead atoms. The minimum Gasteiger partial charge on any atom is -0.289 e. The number of allylic oxidation sites excluding steroid dienone is 1. The standard InChI is InChI=1S/C25H16F4OS/c1-2-23(30)17-7-4-6-16(13-17)20-9-10-22(26)21-14-19(31-24(20)21)12-15-5-3-8-18(11-15)25(27,28)29/h2-11,13-14H,1,12H2. The van der Waals surface area contributed by atoms with Crippen LogP contribution in [0.3, 0.4) is 0 Å². The fourth-order valence-corrected chi connectivity index (χ4v) is 4.71. The third-order valence-electron chi connectivity index (χ3n) is 4.96. The number of benzene rings is 3. The Labute approximate surface area is 180 Å². The first-order valence-corrected chi connectivity index (χ1v) is 10.2. The summed E-state index contributed by atoms with van der Waals surface area (Å²) in [5, 5.41) is 0.407. The number of hydrogen-bond acceptors (Lipinski definition) is 2. The van der Waals surface area contributed by atoms with Crippen molar-refractivity contribution < 1.29 is 22.4 Å². The van der Waals surface area contributed by atoms with Crippen LogP contribution in [0.2, 0.25) is 0 Å². The number of rotatable bonds is 5. The number of fused-ring (bicyclic) bond motifs is 1. The minimum absolute atomic E-state index is 0.211. The molecule has 3 aromatic carbocycles. The van der Waals surface area contributed by atoms with Crippen LogP contribution >= 0.6 is 11.3 Å². The number of ketones is 1. The van der Waals surface area contributed by atoms with Crippen molar-refractivity contribution in [2.24, 2.45) is 0 Å². The van der Waals surface area contributed by atoms with Crippen molar-refractivity contribution in [3.8, 4) is 11.1 Å². The zero-order valence-electron chi connectivity index (χ0n) is 16.2. The molecular formula is C25H16F4OS. The van der Waals surface area contributed by atoms with E-state index in [1.165, 1.54) is 29.5 Å². The molecule has 0 saturated heterocycles. The fourth-order valence-electron chi connectivity index (χ4n) is 3.47. The van der Waals surface area contributed by atoms with Crippen LogP contribution < -0.4 is 0 Å². The van der Waals surface area contributed by atoms with Gasteiger partial charge in [0.25, 0.3) is 0 Å². The van der Waals surface area contributed by atoms with Crippen LogP contribution in [0.25, 0.3) is 21.2 Å². The summed E-state index contributed by atoms with van der Waals surface area (Å²) in [6.07, 6.45) is -2.92. The third-order valence-corrected chi connectivity index (χ3v) is 6.13. The molecule has 31 heavy (non-hydrogen) atoms. The van der Waals surface area contributed by atoms with E-state index >= 15 is 0 Å². The minimum atomic E-state index is -4.41. The van der Waals surface area contributed by atoms with Crippen molar-refractivity contribution in [3.05, 3.63) is 107 Å². The predicted octanol–water partition coefficient (Wildman–Crippen LogP) is 7.69. The van der Waals surface area contributed by atoms with E-state index in [1.54, 1.807) is 36.4 Å². The van der Waals surface area contributed by atoms with Gasteiger partial charge >= 0.3 is 6.18 Å². The van der Waals surface area contributed by atoms with E-state index in [1.807, 2.05) is 6.07 Å². The summed E-state index contributed by atoms with van der Waals surface area (Å²) in [4.78, 5) is 12.7. The van der Waals surface area contributed by atoms with Crippen LogP contribution in [0.5, 0.6) is 0 Å². The highest BCUT2D eigenvalue weighted by Crippen LogP contribution is 2.38. The zero-order valence-corrected chi connectivity index (χ0v) is 17.0. The van der Waals surface area contributed by atoms with Gasteiger partial charge in [0.05, 0.1) is 5.56 Å². The van der Waals surface area contributed by atoms with E-state index in [9.17, 15) is 22.4 Å². The van der Waals surface area contributed by atoms with Crippen LogP contribution in [0.4, 0.5) is 17.6 Å². The molecule has 0 spiro atoms. The quantitative estimate of drug-likeness (QED) is 0.177. The summed E-state index contributed by atoms with van der Waals surface area (Å²) in [7, 11) is 0. The average molecular weight is 440 g/mol. The van der Waals surface area contributed by atoms with Crippen LogP contribution in [0.1, 0.15) is 26.4 Å². The molecule has 4 rings (SSSR count).